The average Bonchev–Trinajstić information content (AvgIpc) is 2.55. The topological polar surface area (TPSA) is 41.5 Å². The first kappa shape index (κ1) is 18.3. The molecule has 0 amide bonds. The molecule has 2 aromatic carbocycles. The van der Waals surface area contributed by atoms with E-state index in [0.717, 1.165) is 36.2 Å². The van der Waals surface area contributed by atoms with E-state index < -0.39 is 0 Å². The van der Waals surface area contributed by atoms with E-state index in [2.05, 4.69) is 12.2 Å². The summed E-state index contributed by atoms with van der Waals surface area (Å²) < 4.78 is 4.83. The first-order valence-electron chi connectivity index (χ1n) is 8.26. The number of rotatable bonds is 7. The third-order valence-electron chi connectivity index (χ3n) is 3.41. The van der Waals surface area contributed by atoms with Gasteiger partial charge in [-0.1, -0.05) is 44.0 Å². The zero-order valence-electron chi connectivity index (χ0n) is 14.1. The van der Waals surface area contributed by atoms with Crippen LogP contribution in [0, 0.1) is 0 Å². The second kappa shape index (κ2) is 10.9. The molecule has 0 aliphatic heterocycles. The fourth-order valence-corrected chi connectivity index (χ4v) is 2.24. The Morgan fingerprint density at radius 3 is 2.18 bits per heavy atom. The second-order valence-electron chi connectivity index (χ2n) is 5.09. The average molecular weight is 303 g/mol. The molecule has 0 saturated carbocycles. The molecule has 0 bridgehead atoms. The van der Waals surface area contributed by atoms with Gasteiger partial charge in [0, 0.05) is 36.2 Å². The molecule has 22 heavy (non-hydrogen) atoms. The molecule has 3 heteroatoms. The zero-order valence-corrected chi connectivity index (χ0v) is 14.1. The van der Waals surface area contributed by atoms with Crippen LogP contribution < -0.4 is 5.32 Å². The van der Waals surface area contributed by atoms with Crippen molar-refractivity contribution < 1.29 is 9.84 Å². The number of benzene rings is 2. The van der Waals surface area contributed by atoms with Crippen molar-refractivity contribution in [3.05, 3.63) is 36.4 Å². The van der Waals surface area contributed by atoms with Crippen LogP contribution in [0.3, 0.4) is 0 Å². The number of anilines is 1. The van der Waals surface area contributed by atoms with Crippen LogP contribution in [-0.4, -0.2) is 24.9 Å². The predicted molar refractivity (Wildman–Crippen MR) is 95.8 cm³/mol. The minimum Gasteiger partial charge on any atom is -0.507 e. The molecule has 2 N–H and O–H groups in total. The van der Waals surface area contributed by atoms with Crippen LogP contribution in [0.1, 0.15) is 40.0 Å². The predicted octanol–water partition coefficient (Wildman–Crippen LogP) is 5.19. The Labute approximate surface area is 134 Å². The van der Waals surface area contributed by atoms with E-state index in [9.17, 15) is 5.11 Å². The van der Waals surface area contributed by atoms with Gasteiger partial charge >= 0.3 is 0 Å². The quantitative estimate of drug-likeness (QED) is 0.546. The van der Waals surface area contributed by atoms with Crippen LogP contribution in [0.15, 0.2) is 36.4 Å². The SMILES string of the molecule is CCCCCNc1ccc(O)c2ccccc12.CCOCC. The standard InChI is InChI=1S/C15H19NO.C4H10O/c1-2-3-6-11-16-14-9-10-15(17)13-8-5-4-7-12(13)14;1-3-5-4-2/h4-5,7-10,16-17H,2-3,6,11H2,1H3;3-4H2,1-2H3. The third-order valence-corrected chi connectivity index (χ3v) is 3.41. The van der Waals surface area contributed by atoms with Crippen LogP contribution in [0.2, 0.25) is 0 Å². The Hall–Kier alpha value is -1.74. The van der Waals surface area contributed by atoms with Gasteiger partial charge < -0.3 is 15.2 Å². The van der Waals surface area contributed by atoms with Gasteiger partial charge in [0.25, 0.3) is 0 Å². The minimum absolute atomic E-state index is 0.347. The van der Waals surface area contributed by atoms with E-state index in [4.69, 9.17) is 4.74 Å². The maximum absolute atomic E-state index is 9.78. The summed E-state index contributed by atoms with van der Waals surface area (Å²) in [4.78, 5) is 0. The number of ether oxygens (including phenoxy) is 1. The summed E-state index contributed by atoms with van der Waals surface area (Å²) in [5, 5.41) is 15.2. The lowest BCUT2D eigenvalue weighted by Crippen LogP contribution is -2.01. The lowest BCUT2D eigenvalue weighted by molar-refractivity contribution is 0.162. The molecule has 0 aromatic heterocycles. The smallest absolute Gasteiger partial charge is 0.123 e. The van der Waals surface area contributed by atoms with Gasteiger partial charge in [0.05, 0.1) is 0 Å². The van der Waals surface area contributed by atoms with Gasteiger partial charge in [0.15, 0.2) is 0 Å². The Balaban J connectivity index is 0.000000422. The number of fused-ring (bicyclic) bond motifs is 1. The molecular weight excluding hydrogens is 274 g/mol. The van der Waals surface area contributed by atoms with Crippen LogP contribution >= 0.6 is 0 Å². The second-order valence-corrected chi connectivity index (χ2v) is 5.09. The molecule has 0 saturated heterocycles. The highest BCUT2D eigenvalue weighted by Crippen LogP contribution is 2.30. The van der Waals surface area contributed by atoms with Crippen LogP contribution in [0.4, 0.5) is 5.69 Å². The van der Waals surface area contributed by atoms with Gasteiger partial charge in [-0.25, -0.2) is 0 Å². The van der Waals surface area contributed by atoms with Gasteiger partial charge in [-0.05, 0) is 32.4 Å². The summed E-state index contributed by atoms with van der Waals surface area (Å²) in [5.74, 6) is 0.347. The van der Waals surface area contributed by atoms with Crippen molar-refractivity contribution in [2.45, 2.75) is 40.0 Å². The van der Waals surface area contributed by atoms with Crippen LogP contribution in [-0.2, 0) is 4.74 Å². The van der Waals surface area contributed by atoms with E-state index in [0.29, 0.717) is 5.75 Å². The van der Waals surface area contributed by atoms with Crippen molar-refractivity contribution >= 4 is 16.5 Å². The number of phenolic OH excluding ortho intramolecular Hbond substituents is 1. The lowest BCUT2D eigenvalue weighted by Gasteiger charge is -2.10. The summed E-state index contributed by atoms with van der Waals surface area (Å²) >= 11 is 0. The van der Waals surface area contributed by atoms with Crippen LogP contribution in [0.5, 0.6) is 5.75 Å². The molecule has 0 spiro atoms. The molecule has 122 valence electrons. The van der Waals surface area contributed by atoms with Crippen molar-refractivity contribution in [2.75, 3.05) is 25.1 Å². The van der Waals surface area contributed by atoms with Crippen LogP contribution in [0.25, 0.3) is 10.8 Å². The van der Waals surface area contributed by atoms with Gasteiger partial charge in [0.2, 0.25) is 0 Å². The summed E-state index contributed by atoms with van der Waals surface area (Å²) in [7, 11) is 0. The molecule has 0 fully saturated rings. The number of aromatic hydroxyl groups is 1. The molecule has 0 atom stereocenters. The Kier molecular flexibility index (Phi) is 9.08. The van der Waals surface area contributed by atoms with E-state index in [1.165, 1.54) is 19.3 Å². The maximum atomic E-state index is 9.78. The van der Waals surface area contributed by atoms with E-state index in [-0.39, 0.29) is 0 Å². The molecule has 0 unspecified atom stereocenters. The normalized spacial score (nSPS) is 10.1. The van der Waals surface area contributed by atoms with Gasteiger partial charge in [-0.3, -0.25) is 0 Å². The van der Waals surface area contributed by atoms with Gasteiger partial charge in [-0.2, -0.15) is 0 Å². The summed E-state index contributed by atoms with van der Waals surface area (Å²) in [6, 6.07) is 11.6. The van der Waals surface area contributed by atoms with Crippen molar-refractivity contribution in [1.29, 1.82) is 0 Å². The Morgan fingerprint density at radius 2 is 1.59 bits per heavy atom. The molecule has 3 nitrogen and oxygen atoms in total. The number of hydrogen-bond acceptors (Lipinski definition) is 3. The maximum Gasteiger partial charge on any atom is 0.123 e. The molecule has 2 aromatic rings. The van der Waals surface area contributed by atoms with Crippen molar-refractivity contribution in [3.8, 4) is 5.75 Å². The fourth-order valence-electron chi connectivity index (χ4n) is 2.24. The third kappa shape index (κ3) is 5.94. The molecule has 0 radical (unpaired) electrons. The van der Waals surface area contributed by atoms with Crippen molar-refractivity contribution in [3.63, 3.8) is 0 Å². The molecule has 0 aliphatic carbocycles. The summed E-state index contributed by atoms with van der Waals surface area (Å²) in [6.45, 7) is 8.86. The molecule has 2 rings (SSSR count). The lowest BCUT2D eigenvalue weighted by atomic mass is 10.1. The van der Waals surface area contributed by atoms with Crippen molar-refractivity contribution in [2.24, 2.45) is 0 Å². The summed E-state index contributed by atoms with van der Waals surface area (Å²) in [6.07, 6.45) is 3.67. The zero-order chi connectivity index (χ0) is 16.2. The molecular formula is C19H29NO2. The Bertz CT molecular complexity index is 538. The summed E-state index contributed by atoms with van der Waals surface area (Å²) in [5.41, 5.74) is 1.11. The molecule has 0 aliphatic rings. The first-order valence-corrected chi connectivity index (χ1v) is 8.26. The van der Waals surface area contributed by atoms with Gasteiger partial charge in [-0.15, -0.1) is 0 Å². The van der Waals surface area contributed by atoms with Crippen molar-refractivity contribution in [1.82, 2.24) is 0 Å². The van der Waals surface area contributed by atoms with E-state index >= 15 is 0 Å². The monoisotopic (exact) mass is 303 g/mol. The Morgan fingerprint density at radius 1 is 0.909 bits per heavy atom. The fraction of sp³-hybridized carbons (Fsp3) is 0.474. The van der Waals surface area contributed by atoms with Gasteiger partial charge in [0.1, 0.15) is 5.75 Å². The molecule has 0 heterocycles. The first-order chi connectivity index (χ1) is 10.7. The van der Waals surface area contributed by atoms with E-state index in [1.54, 1.807) is 6.07 Å². The highest BCUT2D eigenvalue weighted by atomic mass is 16.5. The highest BCUT2D eigenvalue weighted by Gasteiger charge is 2.03. The number of nitrogens with one attached hydrogen (secondary N) is 1. The number of unbranched alkanes of at least 4 members (excludes halogenated alkanes) is 2. The number of phenols is 1. The largest absolute Gasteiger partial charge is 0.507 e. The minimum atomic E-state index is 0.347. The highest BCUT2D eigenvalue weighted by molar-refractivity contribution is 5.97. The number of hydrogen-bond donors (Lipinski definition) is 2. The van der Waals surface area contributed by atoms with E-state index in [1.807, 2.05) is 44.2 Å².